The lowest BCUT2D eigenvalue weighted by molar-refractivity contribution is -0.119. The molecule has 1 aliphatic heterocycles. The maximum absolute atomic E-state index is 12.0. The van der Waals surface area contributed by atoms with E-state index in [0.717, 1.165) is 39.3 Å². The summed E-state index contributed by atoms with van der Waals surface area (Å²) in [5.74, 6) is -0.00946. The molecule has 0 radical (unpaired) electrons. The van der Waals surface area contributed by atoms with Gasteiger partial charge in [0.25, 0.3) is 0 Å². The topological polar surface area (TPSA) is 41.6 Å². The highest BCUT2D eigenvalue weighted by atomic mass is 16.5. The Balaban J connectivity index is 2.42. The normalized spacial score (nSPS) is 18.4. The summed E-state index contributed by atoms with van der Waals surface area (Å²) in [6, 6.07) is 0. The number of hydrogen-bond donors (Lipinski definition) is 1. The molecule has 0 atom stereocenters. The van der Waals surface area contributed by atoms with Crippen LogP contribution in [0.4, 0.5) is 0 Å². The maximum atomic E-state index is 12.0. The van der Waals surface area contributed by atoms with E-state index in [0.29, 0.717) is 0 Å². The van der Waals surface area contributed by atoms with Crippen LogP contribution in [0.1, 0.15) is 41.0 Å². The summed E-state index contributed by atoms with van der Waals surface area (Å²) in [6.45, 7) is 15.0. The van der Waals surface area contributed by atoms with E-state index in [9.17, 15) is 4.79 Å². The Morgan fingerprint density at radius 2 is 1.85 bits per heavy atom. The van der Waals surface area contributed by atoms with Gasteiger partial charge in [0.05, 0.1) is 13.2 Å². The molecule has 1 aliphatic rings. The Morgan fingerprint density at radius 3 is 2.40 bits per heavy atom. The van der Waals surface area contributed by atoms with Gasteiger partial charge in [0.15, 0.2) is 0 Å². The molecule has 0 aromatic carbocycles. The van der Waals surface area contributed by atoms with Gasteiger partial charge >= 0.3 is 0 Å². The molecular weight excluding hydrogens is 252 g/mol. The van der Waals surface area contributed by atoms with Crippen molar-refractivity contribution in [2.24, 2.45) is 5.41 Å². The summed E-state index contributed by atoms with van der Waals surface area (Å²) in [4.78, 5) is 14.3. The zero-order valence-electron chi connectivity index (χ0n) is 13.7. The molecule has 0 aliphatic carbocycles. The van der Waals surface area contributed by atoms with Gasteiger partial charge in [-0.15, -0.1) is 0 Å². The number of ether oxygens (including phenoxy) is 1. The summed E-state index contributed by atoms with van der Waals surface area (Å²) < 4.78 is 5.30. The van der Waals surface area contributed by atoms with E-state index in [4.69, 9.17) is 4.74 Å². The standard InChI is InChI=1S/C16H30N2O2/c1-6-15(2,3)16(4,5)17-14(19)8-7-9-18-10-12-20-13-11-18/h7-8H,6,9-13H2,1-5H3,(H,17,19)/b8-7+. The van der Waals surface area contributed by atoms with Crippen molar-refractivity contribution in [1.82, 2.24) is 10.2 Å². The van der Waals surface area contributed by atoms with E-state index >= 15 is 0 Å². The van der Waals surface area contributed by atoms with E-state index in [2.05, 4.69) is 44.8 Å². The Labute approximate surface area is 123 Å². The Kier molecular flexibility index (Phi) is 6.21. The molecule has 0 saturated carbocycles. The van der Waals surface area contributed by atoms with Gasteiger partial charge in [-0.3, -0.25) is 9.69 Å². The molecule has 0 spiro atoms. The van der Waals surface area contributed by atoms with Gasteiger partial charge in [-0.2, -0.15) is 0 Å². The van der Waals surface area contributed by atoms with Crippen LogP contribution in [0.3, 0.4) is 0 Å². The van der Waals surface area contributed by atoms with E-state index < -0.39 is 0 Å². The summed E-state index contributed by atoms with van der Waals surface area (Å²) >= 11 is 0. The van der Waals surface area contributed by atoms with E-state index in [1.807, 2.05) is 6.08 Å². The molecule has 1 rings (SSSR count). The minimum Gasteiger partial charge on any atom is -0.379 e. The van der Waals surface area contributed by atoms with Gasteiger partial charge in [-0.05, 0) is 25.7 Å². The number of carbonyl (C=O) groups is 1. The molecular formula is C16H30N2O2. The van der Waals surface area contributed by atoms with Crippen LogP contribution >= 0.6 is 0 Å². The molecule has 1 N–H and O–H groups in total. The molecule has 0 aromatic heterocycles. The number of amides is 1. The first kappa shape index (κ1) is 17.2. The van der Waals surface area contributed by atoms with Crippen LogP contribution in [0.25, 0.3) is 0 Å². The average molecular weight is 282 g/mol. The monoisotopic (exact) mass is 282 g/mol. The average Bonchev–Trinajstić information content (AvgIpc) is 2.39. The fourth-order valence-corrected chi connectivity index (χ4v) is 2.05. The van der Waals surface area contributed by atoms with Crippen molar-refractivity contribution in [1.29, 1.82) is 0 Å². The lowest BCUT2D eigenvalue weighted by atomic mass is 9.72. The third kappa shape index (κ3) is 4.91. The van der Waals surface area contributed by atoms with Gasteiger partial charge in [-0.1, -0.05) is 26.8 Å². The lowest BCUT2D eigenvalue weighted by Gasteiger charge is -2.41. The second kappa shape index (κ2) is 7.23. The fraction of sp³-hybridized carbons (Fsp3) is 0.812. The molecule has 1 fully saturated rings. The van der Waals surface area contributed by atoms with Crippen molar-refractivity contribution in [3.63, 3.8) is 0 Å². The summed E-state index contributed by atoms with van der Waals surface area (Å²) in [7, 11) is 0. The molecule has 1 amide bonds. The molecule has 1 saturated heterocycles. The minimum absolute atomic E-state index is 0.00946. The zero-order chi connectivity index (χ0) is 15.2. The maximum Gasteiger partial charge on any atom is 0.244 e. The Morgan fingerprint density at radius 1 is 1.25 bits per heavy atom. The molecule has 4 nitrogen and oxygen atoms in total. The number of carbonyl (C=O) groups excluding carboxylic acids is 1. The van der Waals surface area contributed by atoms with Crippen LogP contribution in [0.5, 0.6) is 0 Å². The highest BCUT2D eigenvalue weighted by Gasteiger charge is 2.36. The minimum atomic E-state index is -0.220. The highest BCUT2D eigenvalue weighted by molar-refractivity contribution is 5.88. The van der Waals surface area contributed by atoms with Crippen molar-refractivity contribution >= 4 is 5.91 Å². The van der Waals surface area contributed by atoms with Crippen LogP contribution in [0, 0.1) is 5.41 Å². The Hall–Kier alpha value is -0.870. The number of hydrogen-bond acceptors (Lipinski definition) is 3. The third-order valence-electron chi connectivity index (χ3n) is 4.75. The molecule has 1 heterocycles. The zero-order valence-corrected chi connectivity index (χ0v) is 13.7. The van der Waals surface area contributed by atoms with Crippen LogP contribution < -0.4 is 5.32 Å². The summed E-state index contributed by atoms with van der Waals surface area (Å²) in [5.41, 5.74) is -0.150. The number of rotatable bonds is 6. The van der Waals surface area contributed by atoms with Gasteiger partial charge in [0.1, 0.15) is 0 Å². The number of nitrogens with one attached hydrogen (secondary N) is 1. The summed E-state index contributed by atoms with van der Waals surface area (Å²) in [6.07, 6.45) is 4.62. The second-order valence-corrected chi connectivity index (χ2v) is 6.67. The highest BCUT2D eigenvalue weighted by Crippen LogP contribution is 2.33. The predicted molar refractivity (Wildman–Crippen MR) is 82.7 cm³/mol. The number of nitrogens with zero attached hydrogens (tertiary/aromatic N) is 1. The van der Waals surface area contributed by atoms with Crippen molar-refractivity contribution in [2.45, 2.75) is 46.6 Å². The lowest BCUT2D eigenvalue weighted by Crippen LogP contribution is -2.53. The Bertz CT molecular complexity index is 342. The first-order valence-electron chi connectivity index (χ1n) is 7.57. The molecule has 20 heavy (non-hydrogen) atoms. The van der Waals surface area contributed by atoms with Crippen LogP contribution in [0.15, 0.2) is 12.2 Å². The largest absolute Gasteiger partial charge is 0.379 e. The molecule has 4 heteroatoms. The molecule has 0 bridgehead atoms. The van der Waals surface area contributed by atoms with Crippen molar-refractivity contribution in [2.75, 3.05) is 32.8 Å². The molecule has 0 aromatic rings. The van der Waals surface area contributed by atoms with Gasteiger partial charge in [0.2, 0.25) is 5.91 Å². The van der Waals surface area contributed by atoms with Gasteiger partial charge < -0.3 is 10.1 Å². The smallest absolute Gasteiger partial charge is 0.244 e. The predicted octanol–water partition coefficient (Wildman–Crippen LogP) is 2.21. The molecule has 116 valence electrons. The summed E-state index contributed by atoms with van der Waals surface area (Å²) in [5, 5.41) is 3.12. The van der Waals surface area contributed by atoms with Gasteiger partial charge in [0, 0.05) is 31.2 Å². The number of morpholine rings is 1. The van der Waals surface area contributed by atoms with Crippen LogP contribution in [0.2, 0.25) is 0 Å². The van der Waals surface area contributed by atoms with Crippen molar-refractivity contribution in [3.8, 4) is 0 Å². The fourth-order valence-electron chi connectivity index (χ4n) is 2.05. The van der Waals surface area contributed by atoms with E-state index in [1.165, 1.54) is 0 Å². The first-order chi connectivity index (χ1) is 9.28. The van der Waals surface area contributed by atoms with Crippen molar-refractivity contribution < 1.29 is 9.53 Å². The van der Waals surface area contributed by atoms with Crippen LogP contribution in [-0.2, 0) is 9.53 Å². The first-order valence-corrected chi connectivity index (χ1v) is 7.57. The third-order valence-corrected chi connectivity index (χ3v) is 4.75. The van der Waals surface area contributed by atoms with Crippen LogP contribution in [-0.4, -0.2) is 49.2 Å². The second-order valence-electron chi connectivity index (χ2n) is 6.67. The van der Waals surface area contributed by atoms with Crippen molar-refractivity contribution in [3.05, 3.63) is 12.2 Å². The SMILES string of the molecule is CCC(C)(C)C(C)(C)NC(=O)/C=C/CN1CCOCC1. The molecule has 0 unspecified atom stereocenters. The quantitative estimate of drug-likeness (QED) is 0.759. The van der Waals surface area contributed by atoms with E-state index in [1.54, 1.807) is 6.08 Å². The van der Waals surface area contributed by atoms with E-state index in [-0.39, 0.29) is 16.9 Å². The van der Waals surface area contributed by atoms with Gasteiger partial charge in [-0.25, -0.2) is 0 Å².